The van der Waals surface area contributed by atoms with E-state index in [0.717, 1.165) is 42.3 Å². The van der Waals surface area contributed by atoms with Crippen LogP contribution in [0.3, 0.4) is 0 Å². The number of ketones is 1. The van der Waals surface area contributed by atoms with Crippen molar-refractivity contribution in [3.05, 3.63) is 35.5 Å². The van der Waals surface area contributed by atoms with Crippen LogP contribution in [0.1, 0.15) is 65.7 Å². The van der Waals surface area contributed by atoms with Gasteiger partial charge in [0.05, 0.1) is 11.9 Å². The second-order valence-electron chi connectivity index (χ2n) is 12.0. The van der Waals surface area contributed by atoms with Crippen LogP contribution in [0.5, 0.6) is 0 Å². The molecule has 0 amide bonds. The number of nitrogens with zero attached hydrogens (tertiary/aromatic N) is 1. The molecule has 9 nitrogen and oxygen atoms in total. The summed E-state index contributed by atoms with van der Waals surface area (Å²) in [5.74, 6) is -0.687. The summed E-state index contributed by atoms with van der Waals surface area (Å²) in [6.07, 6.45) is 4.31. The van der Waals surface area contributed by atoms with E-state index >= 15 is 0 Å². The summed E-state index contributed by atoms with van der Waals surface area (Å²) in [4.78, 5) is 41.7. The van der Waals surface area contributed by atoms with Gasteiger partial charge in [-0.25, -0.2) is 9.78 Å². The number of benzene rings is 1. The number of Topliss-reactive ketones (excluding diaryl/α,β-unsaturated/α-hetero) is 1. The summed E-state index contributed by atoms with van der Waals surface area (Å²) in [7, 11) is 0. The van der Waals surface area contributed by atoms with Gasteiger partial charge in [0.2, 0.25) is 12.1 Å². The van der Waals surface area contributed by atoms with Crippen LogP contribution in [0.4, 0.5) is 5.69 Å². The zero-order valence-electron chi connectivity index (χ0n) is 23.2. The summed E-state index contributed by atoms with van der Waals surface area (Å²) >= 11 is 6.06. The van der Waals surface area contributed by atoms with Crippen molar-refractivity contribution in [3.8, 4) is 0 Å². The fourth-order valence-electron chi connectivity index (χ4n) is 7.17. The molecule has 5 fully saturated rings. The zero-order valence-corrected chi connectivity index (χ0v) is 23.9. The van der Waals surface area contributed by atoms with Crippen LogP contribution in [-0.2, 0) is 33.6 Å². The van der Waals surface area contributed by atoms with E-state index in [1.807, 2.05) is 32.0 Å². The van der Waals surface area contributed by atoms with Gasteiger partial charge in [0, 0.05) is 59.9 Å². The summed E-state index contributed by atoms with van der Waals surface area (Å²) in [5, 5.41) is 4.84. The van der Waals surface area contributed by atoms with Crippen molar-refractivity contribution in [2.24, 2.45) is 23.7 Å². The van der Waals surface area contributed by atoms with Crippen molar-refractivity contribution in [2.45, 2.75) is 89.7 Å². The number of ether oxygens (including phenoxy) is 3. The molecule has 5 heterocycles. The first-order valence-corrected chi connectivity index (χ1v) is 14.8. The number of halogens is 1. The minimum absolute atomic E-state index is 0.000416. The van der Waals surface area contributed by atoms with Crippen molar-refractivity contribution >= 4 is 39.9 Å². The zero-order chi connectivity index (χ0) is 28.1. The highest BCUT2D eigenvalue weighted by atomic mass is 35.5. The highest BCUT2D eigenvalue weighted by Crippen LogP contribution is 2.60. The van der Waals surface area contributed by atoms with Gasteiger partial charge in [0.25, 0.3) is 0 Å². The van der Waals surface area contributed by atoms with E-state index in [4.69, 9.17) is 35.6 Å². The molecular formula is C30H37ClN2O7. The number of aromatic nitrogens is 1. The van der Waals surface area contributed by atoms with Crippen molar-refractivity contribution in [1.29, 1.82) is 0 Å². The third-order valence-electron chi connectivity index (χ3n) is 9.38. The lowest BCUT2D eigenvalue weighted by molar-refractivity contribution is -0.576. The number of nitrogens with one attached hydrogen (secondary N) is 1. The topological polar surface area (TPSA) is 105 Å². The molecule has 1 spiro atoms. The molecule has 1 N–H and O–H groups in total. The first kappa shape index (κ1) is 27.8. The lowest BCUT2D eigenvalue weighted by Crippen LogP contribution is -2.70. The maximum Gasteiger partial charge on any atom is 0.308 e. The van der Waals surface area contributed by atoms with Gasteiger partial charge in [-0.15, -0.1) is 0 Å². The van der Waals surface area contributed by atoms with Gasteiger partial charge >= 0.3 is 5.97 Å². The predicted octanol–water partition coefficient (Wildman–Crippen LogP) is 5.79. The van der Waals surface area contributed by atoms with E-state index in [2.05, 4.69) is 17.2 Å². The Balaban J connectivity index is 1.02. The number of rotatable bonds is 8. The molecule has 216 valence electrons. The second kappa shape index (κ2) is 10.8. The van der Waals surface area contributed by atoms with E-state index in [0.29, 0.717) is 17.5 Å². The Kier molecular flexibility index (Phi) is 7.54. The average Bonchev–Trinajstić information content (AvgIpc) is 3.16. The van der Waals surface area contributed by atoms with E-state index in [1.54, 1.807) is 12.3 Å². The van der Waals surface area contributed by atoms with E-state index in [1.165, 1.54) is 0 Å². The first-order chi connectivity index (χ1) is 19.2. The molecule has 10 heteroatoms. The SMILES string of the molecule is C[C@H]1[C@H](OC(=O)CCC(=O)CCNc2ccnc3cc(Cl)ccc23)O[C@@H]2O[C@]3(C)CC[C@H]4[C@H](C)CC[C@@H]1[C@@]24OO3. The Morgan fingerprint density at radius 1 is 1.10 bits per heavy atom. The number of carbonyl (C=O) groups excluding carboxylic acids is 2. The summed E-state index contributed by atoms with van der Waals surface area (Å²) in [6, 6.07) is 7.38. The van der Waals surface area contributed by atoms with E-state index < -0.39 is 29.9 Å². The molecule has 4 aliphatic heterocycles. The minimum atomic E-state index is -0.886. The molecule has 1 aliphatic carbocycles. The number of esters is 1. The first-order valence-electron chi connectivity index (χ1n) is 14.4. The molecule has 7 rings (SSSR count). The van der Waals surface area contributed by atoms with Crippen LogP contribution in [0, 0.1) is 23.7 Å². The Hall–Kier alpha value is -2.30. The molecule has 5 aliphatic rings. The molecule has 8 atom stereocenters. The standard InChI is InChI=1S/C30H37ClN2O7/c1-17-4-8-23-18(2)27(37-28-30(23)22(17)10-13-29(3,38-28)39-40-30)36-26(35)9-6-20(34)11-14-32-24-12-15-33-25-16-19(31)5-7-21(24)25/h5,7,12,15-18,22-23,27-28H,4,6,8-11,13-14H2,1-3H3,(H,32,33)/t17-,18-,22+,23+,27-,28-,29+,30-/m1/s1. The quantitative estimate of drug-likeness (QED) is 0.311. The van der Waals surface area contributed by atoms with Gasteiger partial charge in [-0.2, -0.15) is 0 Å². The second-order valence-corrected chi connectivity index (χ2v) is 12.4. The fraction of sp³-hybridized carbons (Fsp3) is 0.633. The van der Waals surface area contributed by atoms with Crippen LogP contribution in [0.25, 0.3) is 10.9 Å². The fourth-order valence-corrected chi connectivity index (χ4v) is 7.34. The number of fused-ring (bicyclic) bond motifs is 3. The summed E-state index contributed by atoms with van der Waals surface area (Å²) < 4.78 is 18.4. The number of anilines is 1. The smallest absolute Gasteiger partial charge is 0.308 e. The number of pyridine rings is 1. The normalized spacial score (nSPS) is 36.5. The molecular weight excluding hydrogens is 536 g/mol. The van der Waals surface area contributed by atoms with Gasteiger partial charge in [0.1, 0.15) is 5.78 Å². The minimum Gasteiger partial charge on any atom is -0.435 e. The molecule has 0 unspecified atom stereocenters. The number of hydrogen-bond acceptors (Lipinski definition) is 9. The largest absolute Gasteiger partial charge is 0.435 e. The maximum atomic E-state index is 12.8. The lowest BCUT2D eigenvalue weighted by Gasteiger charge is -2.59. The monoisotopic (exact) mass is 572 g/mol. The Morgan fingerprint density at radius 2 is 1.95 bits per heavy atom. The van der Waals surface area contributed by atoms with Gasteiger partial charge in [-0.1, -0.05) is 25.4 Å². The lowest BCUT2D eigenvalue weighted by atomic mass is 9.58. The van der Waals surface area contributed by atoms with Crippen LogP contribution in [-0.4, -0.2) is 47.2 Å². The van der Waals surface area contributed by atoms with Crippen molar-refractivity contribution in [3.63, 3.8) is 0 Å². The third-order valence-corrected chi connectivity index (χ3v) is 9.61. The Morgan fingerprint density at radius 3 is 2.80 bits per heavy atom. The van der Waals surface area contributed by atoms with Crippen LogP contribution < -0.4 is 5.32 Å². The molecule has 40 heavy (non-hydrogen) atoms. The van der Waals surface area contributed by atoms with Gasteiger partial charge in [-0.05, 0) is 62.3 Å². The molecule has 2 bridgehead atoms. The van der Waals surface area contributed by atoms with Gasteiger partial charge in [0.15, 0.2) is 11.9 Å². The van der Waals surface area contributed by atoms with E-state index in [-0.39, 0.29) is 42.8 Å². The maximum absolute atomic E-state index is 12.8. The predicted molar refractivity (Wildman–Crippen MR) is 147 cm³/mol. The highest BCUT2D eigenvalue weighted by molar-refractivity contribution is 6.31. The molecule has 1 saturated carbocycles. The number of carbonyl (C=O) groups is 2. The highest BCUT2D eigenvalue weighted by Gasteiger charge is 2.69. The molecule has 1 aromatic heterocycles. The summed E-state index contributed by atoms with van der Waals surface area (Å²) in [6.45, 7) is 6.61. The average molecular weight is 573 g/mol. The van der Waals surface area contributed by atoms with Crippen LogP contribution in [0.15, 0.2) is 30.5 Å². The van der Waals surface area contributed by atoms with E-state index in [9.17, 15) is 9.59 Å². The Bertz CT molecular complexity index is 1290. The van der Waals surface area contributed by atoms with Gasteiger partial charge in [-0.3, -0.25) is 14.6 Å². The molecule has 1 aromatic carbocycles. The van der Waals surface area contributed by atoms with Crippen LogP contribution >= 0.6 is 11.6 Å². The van der Waals surface area contributed by atoms with Gasteiger partial charge < -0.3 is 19.5 Å². The van der Waals surface area contributed by atoms with Crippen molar-refractivity contribution in [2.75, 3.05) is 11.9 Å². The summed E-state index contributed by atoms with van der Waals surface area (Å²) in [5.41, 5.74) is 0.961. The third kappa shape index (κ3) is 5.00. The molecule has 0 radical (unpaired) electrons. The molecule has 2 aromatic rings. The van der Waals surface area contributed by atoms with Crippen LogP contribution in [0.2, 0.25) is 5.02 Å². The molecule has 4 saturated heterocycles. The van der Waals surface area contributed by atoms with Crippen molar-refractivity contribution < 1.29 is 33.6 Å². The Labute approximate surface area is 239 Å². The number of hydrogen-bond donors (Lipinski definition) is 1. The van der Waals surface area contributed by atoms with Crippen molar-refractivity contribution in [1.82, 2.24) is 4.98 Å².